The summed E-state index contributed by atoms with van der Waals surface area (Å²) in [7, 11) is 0. The van der Waals surface area contributed by atoms with Gasteiger partial charge >= 0.3 is 0 Å². The molecule has 1 rings (SSSR count). The molecule has 2 N–H and O–H groups in total. The van der Waals surface area contributed by atoms with Crippen molar-refractivity contribution in [3.05, 3.63) is 11.8 Å². The Morgan fingerprint density at radius 3 is 3.14 bits per heavy atom. The quantitative estimate of drug-likeness (QED) is 0.527. The summed E-state index contributed by atoms with van der Waals surface area (Å²) in [6.07, 6.45) is 5.00. The number of amides is 1. The number of nitrogens with zero attached hydrogens (tertiary/aromatic N) is 1. The molecule has 0 aliphatic carbocycles. The molecule has 0 bridgehead atoms. The van der Waals surface area contributed by atoms with Crippen molar-refractivity contribution in [3.63, 3.8) is 0 Å². The van der Waals surface area contributed by atoms with Crippen LogP contribution in [0.25, 0.3) is 0 Å². The molecule has 0 aromatic carbocycles. The molecule has 5 heteroatoms. The van der Waals surface area contributed by atoms with Crippen LogP contribution in [-0.2, 0) is 4.79 Å². The highest BCUT2D eigenvalue weighted by Crippen LogP contribution is 2.05. The fourth-order valence-electron chi connectivity index (χ4n) is 0.861. The van der Waals surface area contributed by atoms with E-state index in [1.54, 1.807) is 13.0 Å². The topological polar surface area (TPSA) is 67.2 Å². The zero-order chi connectivity index (χ0) is 10.4. The zero-order valence-electron chi connectivity index (χ0n) is 7.83. The zero-order valence-corrected chi connectivity index (χ0v) is 7.83. The third-order valence-corrected chi connectivity index (χ3v) is 1.41. The molecule has 1 aromatic heterocycles. The van der Waals surface area contributed by atoms with Crippen molar-refractivity contribution in [3.8, 4) is 12.3 Å². The molecule has 74 valence electrons. The van der Waals surface area contributed by atoms with E-state index in [4.69, 9.17) is 10.9 Å². The van der Waals surface area contributed by atoms with Gasteiger partial charge in [-0.25, -0.2) is 0 Å². The number of terminal acetylenes is 1. The van der Waals surface area contributed by atoms with Gasteiger partial charge in [0.15, 0.2) is 5.82 Å². The number of carbonyl (C=O) groups is 1. The minimum atomic E-state index is -0.200. The first kappa shape index (κ1) is 10.3. The fourth-order valence-corrected chi connectivity index (χ4v) is 0.861. The summed E-state index contributed by atoms with van der Waals surface area (Å²) in [4.78, 5) is 11.2. The van der Waals surface area contributed by atoms with Gasteiger partial charge in [-0.1, -0.05) is 11.1 Å². The van der Waals surface area contributed by atoms with E-state index in [2.05, 4.69) is 21.7 Å². The summed E-state index contributed by atoms with van der Waals surface area (Å²) < 4.78 is 4.77. The van der Waals surface area contributed by atoms with Gasteiger partial charge in [-0.05, 0) is 6.92 Å². The Morgan fingerprint density at radius 1 is 1.79 bits per heavy atom. The fraction of sp³-hybridized carbons (Fsp3) is 0.333. The molecule has 0 aliphatic heterocycles. The molecule has 14 heavy (non-hydrogen) atoms. The van der Waals surface area contributed by atoms with Gasteiger partial charge in [-0.3, -0.25) is 10.1 Å². The average molecular weight is 193 g/mol. The summed E-state index contributed by atoms with van der Waals surface area (Å²) in [5.74, 6) is 3.23. The van der Waals surface area contributed by atoms with E-state index in [0.717, 1.165) is 0 Å². The van der Waals surface area contributed by atoms with Crippen LogP contribution in [0.15, 0.2) is 10.6 Å². The summed E-state index contributed by atoms with van der Waals surface area (Å²) >= 11 is 0. The lowest BCUT2D eigenvalue weighted by molar-refractivity contribution is -0.115. The summed E-state index contributed by atoms with van der Waals surface area (Å²) in [6, 6.07) is 1.64. The van der Waals surface area contributed by atoms with Gasteiger partial charge in [0, 0.05) is 6.07 Å². The Bertz CT molecular complexity index is 351. The Kier molecular flexibility index (Phi) is 3.70. The summed E-state index contributed by atoms with van der Waals surface area (Å²) in [5.41, 5.74) is 0. The number of aryl methyl sites for hydroxylation is 1. The van der Waals surface area contributed by atoms with E-state index in [-0.39, 0.29) is 12.5 Å². The molecular formula is C9H11N3O2. The van der Waals surface area contributed by atoms with Crippen molar-refractivity contribution in [2.45, 2.75) is 6.92 Å². The Hall–Kier alpha value is -1.80. The van der Waals surface area contributed by atoms with Gasteiger partial charge in [0.1, 0.15) is 5.76 Å². The van der Waals surface area contributed by atoms with Crippen molar-refractivity contribution < 1.29 is 9.32 Å². The molecule has 0 atom stereocenters. The van der Waals surface area contributed by atoms with Gasteiger partial charge in [-0.15, -0.1) is 6.42 Å². The lowest BCUT2D eigenvalue weighted by Gasteiger charge is -2.00. The van der Waals surface area contributed by atoms with E-state index >= 15 is 0 Å². The maximum atomic E-state index is 11.2. The van der Waals surface area contributed by atoms with Gasteiger partial charge in [0.25, 0.3) is 0 Å². The third-order valence-electron chi connectivity index (χ3n) is 1.41. The number of hydrogen-bond acceptors (Lipinski definition) is 4. The number of anilines is 1. The maximum absolute atomic E-state index is 11.2. The molecule has 1 heterocycles. The highest BCUT2D eigenvalue weighted by Gasteiger charge is 2.04. The number of aromatic nitrogens is 1. The van der Waals surface area contributed by atoms with Gasteiger partial charge < -0.3 is 9.84 Å². The Labute approximate surface area is 81.8 Å². The van der Waals surface area contributed by atoms with E-state index in [0.29, 0.717) is 18.1 Å². The first-order valence-corrected chi connectivity index (χ1v) is 4.09. The van der Waals surface area contributed by atoms with Crippen LogP contribution in [0.1, 0.15) is 5.76 Å². The van der Waals surface area contributed by atoms with Crippen molar-refractivity contribution in [1.82, 2.24) is 10.5 Å². The van der Waals surface area contributed by atoms with Crippen LogP contribution in [0.3, 0.4) is 0 Å². The SMILES string of the molecule is C#CCNCC(=O)Nc1cc(C)on1. The second-order valence-electron chi connectivity index (χ2n) is 2.68. The van der Waals surface area contributed by atoms with Gasteiger partial charge in [0.05, 0.1) is 13.1 Å². The normalized spacial score (nSPS) is 9.43. The molecule has 0 unspecified atom stereocenters. The summed E-state index contributed by atoms with van der Waals surface area (Å²) in [5, 5.41) is 8.91. The first-order chi connectivity index (χ1) is 6.72. The second kappa shape index (κ2) is 5.04. The molecule has 0 saturated heterocycles. The Balaban J connectivity index is 2.31. The van der Waals surface area contributed by atoms with Crippen LogP contribution >= 0.6 is 0 Å². The maximum Gasteiger partial charge on any atom is 0.239 e. The third kappa shape index (κ3) is 3.29. The van der Waals surface area contributed by atoms with Crippen LogP contribution in [0.2, 0.25) is 0 Å². The molecule has 1 amide bonds. The average Bonchev–Trinajstić information content (AvgIpc) is 2.52. The molecular weight excluding hydrogens is 182 g/mol. The number of carbonyl (C=O) groups excluding carboxylic acids is 1. The minimum absolute atomic E-state index is 0.163. The first-order valence-electron chi connectivity index (χ1n) is 4.09. The highest BCUT2D eigenvalue weighted by molar-refractivity contribution is 5.91. The van der Waals surface area contributed by atoms with Crippen molar-refractivity contribution >= 4 is 11.7 Å². The van der Waals surface area contributed by atoms with E-state index < -0.39 is 0 Å². The van der Waals surface area contributed by atoms with E-state index in [1.165, 1.54) is 0 Å². The smallest absolute Gasteiger partial charge is 0.239 e. The molecule has 0 fully saturated rings. The lowest BCUT2D eigenvalue weighted by atomic mass is 10.4. The monoisotopic (exact) mass is 193 g/mol. The highest BCUT2D eigenvalue weighted by atomic mass is 16.5. The second-order valence-corrected chi connectivity index (χ2v) is 2.68. The van der Waals surface area contributed by atoms with E-state index in [9.17, 15) is 4.79 Å². The van der Waals surface area contributed by atoms with Crippen LogP contribution in [0, 0.1) is 19.3 Å². The molecule has 5 nitrogen and oxygen atoms in total. The molecule has 0 saturated carbocycles. The molecule has 1 aromatic rings. The molecule has 0 radical (unpaired) electrons. The number of nitrogens with one attached hydrogen (secondary N) is 2. The Morgan fingerprint density at radius 2 is 2.57 bits per heavy atom. The molecule has 0 spiro atoms. The van der Waals surface area contributed by atoms with Crippen molar-refractivity contribution in [2.75, 3.05) is 18.4 Å². The lowest BCUT2D eigenvalue weighted by Crippen LogP contribution is -2.28. The van der Waals surface area contributed by atoms with Gasteiger partial charge in [0.2, 0.25) is 5.91 Å². The van der Waals surface area contributed by atoms with Crippen molar-refractivity contribution in [2.24, 2.45) is 0 Å². The van der Waals surface area contributed by atoms with Crippen LogP contribution in [-0.4, -0.2) is 24.2 Å². The largest absolute Gasteiger partial charge is 0.360 e. The van der Waals surface area contributed by atoms with Crippen LogP contribution in [0.5, 0.6) is 0 Å². The van der Waals surface area contributed by atoms with Gasteiger partial charge in [-0.2, -0.15) is 0 Å². The van der Waals surface area contributed by atoms with Crippen LogP contribution in [0.4, 0.5) is 5.82 Å². The minimum Gasteiger partial charge on any atom is -0.360 e. The van der Waals surface area contributed by atoms with Crippen molar-refractivity contribution in [1.29, 1.82) is 0 Å². The predicted octanol–water partition coefficient (Wildman–Crippen LogP) is 0.144. The number of hydrogen-bond donors (Lipinski definition) is 2. The standard InChI is InChI=1S/C9H11N3O2/c1-3-4-10-6-9(13)11-8-5-7(2)14-12-8/h1,5,10H,4,6H2,2H3,(H,11,12,13). The number of rotatable bonds is 4. The van der Waals surface area contributed by atoms with E-state index in [1.807, 2.05) is 0 Å². The summed E-state index contributed by atoms with van der Waals surface area (Å²) in [6.45, 7) is 2.28. The molecule has 0 aliphatic rings. The predicted molar refractivity (Wildman–Crippen MR) is 51.6 cm³/mol. The van der Waals surface area contributed by atoms with Crippen LogP contribution < -0.4 is 10.6 Å².